The normalized spacial score (nSPS) is 19.8. The van der Waals surface area contributed by atoms with Gasteiger partial charge >= 0.3 is 5.97 Å². The number of carbonyl (C=O) groups is 3. The third-order valence-electron chi connectivity index (χ3n) is 3.95. The fraction of sp³-hybridized carbons (Fsp3) is 0.800. The number of carbonyl (C=O) groups excluding carboxylic acids is 2. The maximum atomic E-state index is 12.0. The molecule has 0 aromatic heterocycles. The molecule has 0 spiro atoms. The van der Waals surface area contributed by atoms with E-state index in [0.717, 1.165) is 32.6 Å². The van der Waals surface area contributed by atoms with Gasteiger partial charge in [-0.3, -0.25) is 9.59 Å². The first-order valence-corrected chi connectivity index (χ1v) is 7.75. The minimum absolute atomic E-state index is 0.0162. The van der Waals surface area contributed by atoms with E-state index >= 15 is 0 Å². The summed E-state index contributed by atoms with van der Waals surface area (Å²) >= 11 is 0. The second kappa shape index (κ2) is 8.12. The van der Waals surface area contributed by atoms with Gasteiger partial charge < -0.3 is 20.8 Å². The summed E-state index contributed by atoms with van der Waals surface area (Å²) in [5.74, 6) is -1.78. The van der Waals surface area contributed by atoms with Crippen molar-refractivity contribution in [2.24, 2.45) is 5.92 Å². The lowest BCUT2D eigenvalue weighted by Gasteiger charge is -2.23. The molecule has 1 rings (SSSR count). The molecule has 1 saturated carbocycles. The number of carboxylic acid groups (broad SMARTS) is 1. The molecule has 2 unspecified atom stereocenters. The van der Waals surface area contributed by atoms with E-state index in [9.17, 15) is 19.5 Å². The standard InChI is InChI=1S/C15H26N2O5/c1-10(17-13(19)11-6-4-3-5-7-11)8-12(18)16-9-15(2,22)14(20)21/h10-11,22H,3-9H2,1-2H3,(H,16,18)(H,17,19)(H,20,21). The second-order valence-corrected chi connectivity index (χ2v) is 6.30. The van der Waals surface area contributed by atoms with Gasteiger partial charge in [-0.05, 0) is 26.7 Å². The number of aliphatic hydroxyl groups is 1. The molecule has 0 aliphatic heterocycles. The van der Waals surface area contributed by atoms with Crippen LogP contribution in [0.3, 0.4) is 0 Å². The first-order chi connectivity index (χ1) is 10.2. The van der Waals surface area contributed by atoms with E-state index in [-0.39, 0.29) is 30.8 Å². The first-order valence-electron chi connectivity index (χ1n) is 7.75. The SMILES string of the molecule is CC(CC(=O)NCC(C)(O)C(=O)O)NC(=O)C1CCCCC1. The van der Waals surface area contributed by atoms with Crippen LogP contribution in [0.2, 0.25) is 0 Å². The molecule has 2 amide bonds. The fourth-order valence-electron chi connectivity index (χ4n) is 2.47. The monoisotopic (exact) mass is 314 g/mol. The van der Waals surface area contributed by atoms with Crippen molar-refractivity contribution in [3.05, 3.63) is 0 Å². The lowest BCUT2D eigenvalue weighted by atomic mass is 9.88. The summed E-state index contributed by atoms with van der Waals surface area (Å²) in [6.07, 6.45) is 5.15. The van der Waals surface area contributed by atoms with Crippen molar-refractivity contribution in [3.8, 4) is 0 Å². The number of hydrogen-bond donors (Lipinski definition) is 4. The number of hydrogen-bond acceptors (Lipinski definition) is 4. The summed E-state index contributed by atoms with van der Waals surface area (Å²) in [4.78, 5) is 34.5. The highest BCUT2D eigenvalue weighted by molar-refractivity contribution is 5.82. The zero-order valence-electron chi connectivity index (χ0n) is 13.2. The Morgan fingerprint density at radius 1 is 1.23 bits per heavy atom. The minimum Gasteiger partial charge on any atom is -0.479 e. The van der Waals surface area contributed by atoms with Crippen molar-refractivity contribution in [3.63, 3.8) is 0 Å². The van der Waals surface area contributed by atoms with E-state index in [4.69, 9.17) is 5.11 Å². The minimum atomic E-state index is -2.00. The number of rotatable bonds is 7. The molecule has 22 heavy (non-hydrogen) atoms. The van der Waals surface area contributed by atoms with Gasteiger partial charge in [-0.25, -0.2) is 4.79 Å². The Bertz CT molecular complexity index is 416. The first kappa shape index (κ1) is 18.4. The van der Waals surface area contributed by atoms with Crippen LogP contribution in [0.4, 0.5) is 0 Å². The van der Waals surface area contributed by atoms with E-state index in [2.05, 4.69) is 10.6 Å². The Morgan fingerprint density at radius 2 is 1.82 bits per heavy atom. The zero-order valence-corrected chi connectivity index (χ0v) is 13.2. The lowest BCUT2D eigenvalue weighted by Crippen LogP contribution is -2.48. The Labute approximate surface area is 130 Å². The van der Waals surface area contributed by atoms with Crippen molar-refractivity contribution in [2.75, 3.05) is 6.54 Å². The molecule has 126 valence electrons. The summed E-state index contributed by atoms with van der Waals surface area (Å²) < 4.78 is 0. The third kappa shape index (κ3) is 6.01. The van der Waals surface area contributed by atoms with Gasteiger partial charge in [0.15, 0.2) is 5.60 Å². The predicted molar refractivity (Wildman–Crippen MR) is 80.1 cm³/mol. The molecule has 7 heteroatoms. The molecule has 0 bridgehead atoms. The Kier molecular flexibility index (Phi) is 6.80. The summed E-state index contributed by atoms with van der Waals surface area (Å²) in [5, 5.41) is 23.4. The molecular formula is C15H26N2O5. The molecule has 0 heterocycles. The lowest BCUT2D eigenvalue weighted by molar-refractivity contribution is -0.156. The maximum absolute atomic E-state index is 12.0. The van der Waals surface area contributed by atoms with Crippen LogP contribution in [-0.2, 0) is 14.4 Å². The average molecular weight is 314 g/mol. The third-order valence-corrected chi connectivity index (χ3v) is 3.95. The van der Waals surface area contributed by atoms with Gasteiger partial charge in [-0.15, -0.1) is 0 Å². The number of aliphatic carboxylic acids is 1. The van der Waals surface area contributed by atoms with Crippen LogP contribution in [0.25, 0.3) is 0 Å². The molecule has 0 aromatic rings. The predicted octanol–water partition coefficient (Wildman–Crippen LogP) is 0.413. The molecule has 4 N–H and O–H groups in total. The highest BCUT2D eigenvalue weighted by Crippen LogP contribution is 2.23. The van der Waals surface area contributed by atoms with E-state index in [0.29, 0.717) is 0 Å². The molecule has 0 aromatic carbocycles. The van der Waals surface area contributed by atoms with Crippen LogP contribution >= 0.6 is 0 Å². The van der Waals surface area contributed by atoms with E-state index in [1.54, 1.807) is 6.92 Å². The number of amides is 2. The van der Waals surface area contributed by atoms with Crippen molar-refractivity contribution in [2.45, 2.75) is 64.0 Å². The van der Waals surface area contributed by atoms with Gasteiger partial charge in [0.05, 0.1) is 6.54 Å². The molecule has 7 nitrogen and oxygen atoms in total. The maximum Gasteiger partial charge on any atom is 0.337 e. The summed E-state index contributed by atoms with van der Waals surface area (Å²) in [7, 11) is 0. The number of nitrogens with one attached hydrogen (secondary N) is 2. The van der Waals surface area contributed by atoms with Crippen LogP contribution in [0.5, 0.6) is 0 Å². The van der Waals surface area contributed by atoms with Crippen LogP contribution in [-0.4, -0.2) is 46.2 Å². The van der Waals surface area contributed by atoms with Gasteiger partial charge in [0.1, 0.15) is 0 Å². The molecule has 1 aliphatic rings. The van der Waals surface area contributed by atoms with Gasteiger partial charge in [-0.1, -0.05) is 19.3 Å². The van der Waals surface area contributed by atoms with Crippen LogP contribution in [0, 0.1) is 5.92 Å². The largest absolute Gasteiger partial charge is 0.479 e. The number of carboxylic acids is 1. The van der Waals surface area contributed by atoms with Gasteiger partial charge in [0.2, 0.25) is 11.8 Å². The van der Waals surface area contributed by atoms with Gasteiger partial charge in [0.25, 0.3) is 0 Å². The zero-order chi connectivity index (χ0) is 16.8. The molecular weight excluding hydrogens is 288 g/mol. The van der Waals surface area contributed by atoms with Crippen molar-refractivity contribution in [1.29, 1.82) is 0 Å². The highest BCUT2D eigenvalue weighted by Gasteiger charge is 2.30. The Morgan fingerprint density at radius 3 is 2.36 bits per heavy atom. The Balaban J connectivity index is 2.31. The molecule has 1 fully saturated rings. The molecule has 1 aliphatic carbocycles. The fourth-order valence-corrected chi connectivity index (χ4v) is 2.47. The van der Waals surface area contributed by atoms with Crippen LogP contribution in [0.15, 0.2) is 0 Å². The average Bonchev–Trinajstić information content (AvgIpc) is 2.45. The summed E-state index contributed by atoms with van der Waals surface area (Å²) in [6, 6.07) is -0.329. The molecule has 0 radical (unpaired) electrons. The van der Waals surface area contributed by atoms with Crippen LogP contribution < -0.4 is 10.6 Å². The summed E-state index contributed by atoms with van der Waals surface area (Å²) in [6.45, 7) is 2.48. The highest BCUT2D eigenvalue weighted by atomic mass is 16.4. The van der Waals surface area contributed by atoms with Crippen molar-refractivity contribution < 1.29 is 24.6 Å². The van der Waals surface area contributed by atoms with Crippen molar-refractivity contribution >= 4 is 17.8 Å². The van der Waals surface area contributed by atoms with Gasteiger partial charge in [0, 0.05) is 18.4 Å². The van der Waals surface area contributed by atoms with E-state index < -0.39 is 17.5 Å². The molecule has 2 atom stereocenters. The Hall–Kier alpha value is -1.63. The quantitative estimate of drug-likeness (QED) is 0.543. The summed E-state index contributed by atoms with van der Waals surface area (Å²) in [5.41, 5.74) is -2.00. The van der Waals surface area contributed by atoms with Crippen LogP contribution in [0.1, 0.15) is 52.4 Å². The molecule has 0 saturated heterocycles. The van der Waals surface area contributed by atoms with Gasteiger partial charge in [-0.2, -0.15) is 0 Å². The van der Waals surface area contributed by atoms with E-state index in [1.165, 1.54) is 6.42 Å². The van der Waals surface area contributed by atoms with E-state index in [1.807, 2.05) is 0 Å². The smallest absolute Gasteiger partial charge is 0.337 e. The van der Waals surface area contributed by atoms with Crippen molar-refractivity contribution in [1.82, 2.24) is 10.6 Å². The topological polar surface area (TPSA) is 116 Å². The second-order valence-electron chi connectivity index (χ2n) is 6.30.